The van der Waals surface area contributed by atoms with Gasteiger partial charge in [-0.15, -0.1) is 0 Å². The second kappa shape index (κ2) is 14.3. The highest BCUT2D eigenvalue weighted by Gasteiger charge is 2.49. The van der Waals surface area contributed by atoms with Crippen LogP contribution in [0.1, 0.15) is 96.3 Å². The van der Waals surface area contributed by atoms with Crippen molar-refractivity contribution >= 4 is 17.6 Å². The van der Waals surface area contributed by atoms with Gasteiger partial charge in [-0.2, -0.15) is 0 Å². The Morgan fingerprint density at radius 1 is 1.14 bits per heavy atom. The van der Waals surface area contributed by atoms with Gasteiger partial charge in [0.25, 0.3) is 0 Å². The van der Waals surface area contributed by atoms with E-state index in [4.69, 9.17) is 4.74 Å². The number of carboxylic acid groups (broad SMARTS) is 1. The molecule has 1 amide bonds. The molecule has 0 radical (unpaired) electrons. The second-order valence-corrected chi connectivity index (χ2v) is 13.8. The van der Waals surface area contributed by atoms with Crippen LogP contribution < -0.4 is 9.64 Å². The quantitative estimate of drug-likeness (QED) is 0.235. The molecule has 2 aromatic carbocycles. The Kier molecular flexibility index (Phi) is 10.9. The van der Waals surface area contributed by atoms with Crippen molar-refractivity contribution in [2.24, 2.45) is 11.3 Å². The Balaban J connectivity index is 1.74. The molecule has 6 nitrogen and oxygen atoms in total. The smallest absolute Gasteiger partial charge is 0.308 e. The number of carbonyl (C=O) groups excluding carboxylic acids is 1. The van der Waals surface area contributed by atoms with Crippen LogP contribution in [0.3, 0.4) is 0 Å². The van der Waals surface area contributed by atoms with Gasteiger partial charge in [-0.05, 0) is 86.4 Å². The van der Waals surface area contributed by atoms with E-state index in [1.165, 1.54) is 11.6 Å². The molecule has 2 aromatic rings. The van der Waals surface area contributed by atoms with Crippen LogP contribution >= 0.6 is 0 Å². The lowest BCUT2D eigenvalue weighted by atomic mass is 9.77. The van der Waals surface area contributed by atoms with Gasteiger partial charge in [-0.1, -0.05) is 64.3 Å². The van der Waals surface area contributed by atoms with Crippen molar-refractivity contribution in [2.75, 3.05) is 24.6 Å². The van der Waals surface area contributed by atoms with Crippen LogP contribution in [0.5, 0.6) is 5.75 Å². The minimum absolute atomic E-state index is 0.0201. The van der Waals surface area contributed by atoms with Crippen LogP contribution in [0.25, 0.3) is 0 Å². The molecule has 0 spiro atoms. The zero-order valence-corrected chi connectivity index (χ0v) is 27.7. The predicted octanol–water partition coefficient (Wildman–Crippen LogP) is 7.92. The lowest BCUT2D eigenvalue weighted by Gasteiger charge is -2.36. The van der Waals surface area contributed by atoms with Gasteiger partial charge in [-0.3, -0.25) is 14.5 Å². The number of likely N-dealkylation sites (tertiary alicyclic amines) is 1. The summed E-state index contributed by atoms with van der Waals surface area (Å²) in [6.07, 6.45) is 7.14. The van der Waals surface area contributed by atoms with Gasteiger partial charge < -0.3 is 14.7 Å². The van der Waals surface area contributed by atoms with Crippen LogP contribution in [0, 0.1) is 24.1 Å². The number of hydrogen-bond donors (Lipinski definition) is 1. The third-order valence-corrected chi connectivity index (χ3v) is 9.23. The van der Waals surface area contributed by atoms with Crippen LogP contribution in [0.15, 0.2) is 48.0 Å². The van der Waals surface area contributed by atoms with E-state index >= 15 is 0 Å². The maximum Gasteiger partial charge on any atom is 0.308 e. The Hall–Kier alpha value is -3.19. The molecule has 1 N–H and O–H groups in total. The Bertz CT molecular complexity index is 1360. The number of anilines is 1. The van der Waals surface area contributed by atoms with Crippen LogP contribution in [-0.2, 0) is 16.0 Å². The lowest BCUT2D eigenvalue weighted by Crippen LogP contribution is -2.48. The molecule has 2 heterocycles. The topological polar surface area (TPSA) is 70.1 Å². The summed E-state index contributed by atoms with van der Waals surface area (Å²) in [6.45, 7) is 15.6. The zero-order valence-electron chi connectivity index (χ0n) is 27.7. The molecule has 1 unspecified atom stereocenters. The lowest BCUT2D eigenvalue weighted by molar-refractivity contribution is -0.143. The summed E-state index contributed by atoms with van der Waals surface area (Å²) < 4.78 is 20.0. The molecule has 4 rings (SSSR count). The van der Waals surface area contributed by atoms with E-state index in [1.807, 2.05) is 17.0 Å². The van der Waals surface area contributed by atoms with Crippen LogP contribution in [0.4, 0.5) is 10.1 Å². The van der Waals surface area contributed by atoms with Crippen molar-refractivity contribution in [3.8, 4) is 5.75 Å². The Labute approximate surface area is 263 Å². The highest BCUT2D eigenvalue weighted by atomic mass is 19.1. The molecule has 2 aliphatic heterocycles. The van der Waals surface area contributed by atoms with Crippen molar-refractivity contribution in [3.05, 3.63) is 70.6 Å². The SMILES string of the molecule is CCCC(CCC)N(C(=O)CN1C[C@H](c2ccc3c(c2)CCO3)C(C(=O)O)[C@@H]1CC(C)(C)C=C(C)C)c1ccc(F)c(C)c1. The van der Waals surface area contributed by atoms with E-state index in [0.717, 1.165) is 49.0 Å². The molecule has 2 aliphatic rings. The van der Waals surface area contributed by atoms with Gasteiger partial charge in [0.05, 0.1) is 19.1 Å². The average molecular weight is 607 g/mol. The molecular formula is C37H51FN2O4. The van der Waals surface area contributed by atoms with E-state index < -0.39 is 11.9 Å². The molecule has 7 heteroatoms. The molecule has 1 fully saturated rings. The van der Waals surface area contributed by atoms with E-state index in [9.17, 15) is 19.1 Å². The minimum atomic E-state index is -0.833. The summed E-state index contributed by atoms with van der Waals surface area (Å²) in [7, 11) is 0. The fourth-order valence-electron chi connectivity index (χ4n) is 7.56. The van der Waals surface area contributed by atoms with Crippen molar-refractivity contribution in [2.45, 2.75) is 105 Å². The van der Waals surface area contributed by atoms with Gasteiger partial charge in [0.2, 0.25) is 5.91 Å². The number of halogens is 1. The number of hydrogen-bond acceptors (Lipinski definition) is 4. The molecule has 44 heavy (non-hydrogen) atoms. The van der Waals surface area contributed by atoms with Crippen molar-refractivity contribution in [1.82, 2.24) is 4.90 Å². The summed E-state index contributed by atoms with van der Waals surface area (Å²) >= 11 is 0. The molecule has 0 aliphatic carbocycles. The molecule has 0 bridgehead atoms. The zero-order chi connectivity index (χ0) is 32.2. The first kappa shape index (κ1) is 33.7. The summed E-state index contributed by atoms with van der Waals surface area (Å²) in [4.78, 5) is 31.5. The number of fused-ring (bicyclic) bond motifs is 1. The Morgan fingerprint density at radius 3 is 2.45 bits per heavy atom. The van der Waals surface area contributed by atoms with E-state index in [2.05, 4.69) is 58.6 Å². The van der Waals surface area contributed by atoms with Gasteiger partial charge in [0.15, 0.2) is 0 Å². The fourth-order valence-corrected chi connectivity index (χ4v) is 7.56. The molecule has 3 atom stereocenters. The van der Waals surface area contributed by atoms with Crippen molar-refractivity contribution in [1.29, 1.82) is 0 Å². The van der Waals surface area contributed by atoms with E-state index in [1.54, 1.807) is 19.1 Å². The number of benzene rings is 2. The van der Waals surface area contributed by atoms with Crippen LogP contribution in [-0.4, -0.2) is 53.7 Å². The third-order valence-electron chi connectivity index (χ3n) is 9.23. The third kappa shape index (κ3) is 7.71. The highest BCUT2D eigenvalue weighted by molar-refractivity contribution is 5.95. The summed E-state index contributed by atoms with van der Waals surface area (Å²) in [5.41, 5.74) is 4.22. The number of carbonyl (C=O) groups is 2. The number of aliphatic carboxylic acids is 1. The predicted molar refractivity (Wildman–Crippen MR) is 175 cm³/mol. The second-order valence-electron chi connectivity index (χ2n) is 13.8. The Morgan fingerprint density at radius 2 is 1.84 bits per heavy atom. The van der Waals surface area contributed by atoms with Crippen molar-refractivity contribution in [3.63, 3.8) is 0 Å². The molecule has 240 valence electrons. The molecule has 0 aromatic heterocycles. The normalized spacial score (nSPS) is 20.0. The maximum atomic E-state index is 14.5. The first-order valence-electron chi connectivity index (χ1n) is 16.3. The molecule has 1 saturated heterocycles. The number of amides is 1. The largest absolute Gasteiger partial charge is 0.493 e. The molecule has 0 saturated carbocycles. The van der Waals surface area contributed by atoms with Crippen molar-refractivity contribution < 1.29 is 23.8 Å². The first-order valence-corrected chi connectivity index (χ1v) is 16.3. The number of nitrogens with zero attached hydrogens (tertiary/aromatic N) is 2. The number of carboxylic acids is 1. The highest BCUT2D eigenvalue weighted by Crippen LogP contribution is 2.44. The fraction of sp³-hybridized carbons (Fsp3) is 0.568. The number of allylic oxidation sites excluding steroid dienone is 2. The van der Waals surface area contributed by atoms with E-state index in [0.29, 0.717) is 30.8 Å². The average Bonchev–Trinajstić information content (AvgIpc) is 3.54. The van der Waals surface area contributed by atoms with Crippen LogP contribution in [0.2, 0.25) is 0 Å². The van der Waals surface area contributed by atoms with Gasteiger partial charge >= 0.3 is 5.97 Å². The van der Waals surface area contributed by atoms with E-state index in [-0.39, 0.29) is 41.7 Å². The number of rotatable bonds is 13. The number of ether oxygens (including phenoxy) is 1. The number of aryl methyl sites for hydroxylation is 1. The van der Waals surface area contributed by atoms with Gasteiger partial charge in [0, 0.05) is 36.7 Å². The van der Waals surface area contributed by atoms with Gasteiger partial charge in [-0.25, -0.2) is 4.39 Å². The molecular weight excluding hydrogens is 555 g/mol. The standard InChI is InChI=1S/C37H51FN2O4/c1-8-10-28(11-9-2)40(29-13-14-31(38)25(5)18-29)34(41)23-39-22-30(26-12-15-33-27(19-26)16-17-44-33)35(36(42)43)32(39)21-37(6,7)20-24(3)4/h12-15,18-20,28,30,32,35H,8-11,16-17,21-23H2,1-7H3,(H,42,43)/t30-,32+,35?/m1/s1. The summed E-state index contributed by atoms with van der Waals surface area (Å²) in [6, 6.07) is 10.6. The minimum Gasteiger partial charge on any atom is -0.493 e. The summed E-state index contributed by atoms with van der Waals surface area (Å²) in [5, 5.41) is 10.7. The summed E-state index contributed by atoms with van der Waals surface area (Å²) in [5.74, 6) is -1.26. The maximum absolute atomic E-state index is 14.5. The first-order chi connectivity index (χ1) is 20.8. The monoisotopic (exact) mass is 606 g/mol. The van der Waals surface area contributed by atoms with Gasteiger partial charge in [0.1, 0.15) is 11.6 Å².